The number of benzene rings is 2. The van der Waals surface area contributed by atoms with Gasteiger partial charge in [-0.05, 0) is 94.6 Å². The number of rotatable bonds is 7. The van der Waals surface area contributed by atoms with Gasteiger partial charge in [-0.15, -0.1) is 0 Å². The number of amides is 1. The molecule has 1 amide bonds. The van der Waals surface area contributed by atoms with E-state index in [-0.39, 0.29) is 24.3 Å². The molecule has 248 valence electrons. The summed E-state index contributed by atoms with van der Waals surface area (Å²) in [7, 11) is 0. The number of likely N-dealkylation sites (tertiary alicyclic amines) is 2. The van der Waals surface area contributed by atoms with Gasteiger partial charge >= 0.3 is 12.0 Å². The van der Waals surface area contributed by atoms with Gasteiger partial charge < -0.3 is 24.4 Å². The molecule has 1 aromatic heterocycles. The molecule has 4 heterocycles. The predicted octanol–water partition coefficient (Wildman–Crippen LogP) is 6.36. The summed E-state index contributed by atoms with van der Waals surface area (Å²) < 4.78 is 46.5. The summed E-state index contributed by atoms with van der Waals surface area (Å²) in [6.45, 7) is 8.10. The molecule has 3 aliphatic heterocycles. The Morgan fingerprint density at radius 1 is 1.09 bits per heavy atom. The number of halogens is 2. The number of carbonyl (C=O) groups excluding carboxylic acids is 1. The summed E-state index contributed by atoms with van der Waals surface area (Å²) in [5.41, 5.74) is 2.65. The molecule has 0 spiro atoms. The average Bonchev–Trinajstić information content (AvgIpc) is 3.01. The zero-order valence-electron chi connectivity index (χ0n) is 26.9. The normalized spacial score (nSPS) is 20.6. The molecule has 0 saturated carbocycles. The van der Waals surface area contributed by atoms with Gasteiger partial charge in [0.05, 0.1) is 37.1 Å². The van der Waals surface area contributed by atoms with Crippen molar-refractivity contribution in [3.05, 3.63) is 65.9 Å². The third-order valence-electron chi connectivity index (χ3n) is 8.79. The molecule has 3 saturated heterocycles. The van der Waals surface area contributed by atoms with Crippen LogP contribution in [0, 0.1) is 11.3 Å². The fourth-order valence-electron chi connectivity index (χ4n) is 6.19. The molecule has 12 heteroatoms. The number of nitriles is 1. The first-order valence-electron chi connectivity index (χ1n) is 16.1. The lowest BCUT2D eigenvalue weighted by molar-refractivity contribution is -0.137. The molecule has 0 radical (unpaired) electrons. The number of anilines is 2. The molecule has 1 unspecified atom stereocenters. The molecule has 47 heavy (non-hydrogen) atoms. The van der Waals surface area contributed by atoms with Gasteiger partial charge in [-0.3, -0.25) is 4.90 Å². The Kier molecular flexibility index (Phi) is 9.30. The molecular weight excluding hydrogens is 606 g/mol. The van der Waals surface area contributed by atoms with Gasteiger partial charge in [0.15, 0.2) is 6.10 Å². The SMILES string of the molecule is CC(C)(C)OC(=O)N1CCC(Oc2ccc(-c3ccnc(Nc4cccc(C5CCN(C6COC6)CC5)c4)n3)cc2C#N)C(F)(F)C1. The molecule has 6 rings (SSSR count). The van der Waals surface area contributed by atoms with Crippen LogP contribution < -0.4 is 10.1 Å². The first kappa shape index (κ1) is 32.6. The summed E-state index contributed by atoms with van der Waals surface area (Å²) in [6.07, 6.45) is 1.43. The second-order valence-corrected chi connectivity index (χ2v) is 13.4. The Bertz CT molecular complexity index is 1630. The van der Waals surface area contributed by atoms with Crippen molar-refractivity contribution in [3.63, 3.8) is 0 Å². The first-order chi connectivity index (χ1) is 22.5. The number of nitrogens with one attached hydrogen (secondary N) is 1. The summed E-state index contributed by atoms with van der Waals surface area (Å²) in [6, 6.07) is 17.4. The van der Waals surface area contributed by atoms with E-state index in [4.69, 9.17) is 14.2 Å². The number of ether oxygens (including phenoxy) is 3. The number of aromatic nitrogens is 2. The van der Waals surface area contributed by atoms with E-state index in [2.05, 4.69) is 38.4 Å². The number of nitrogens with zero attached hydrogens (tertiary/aromatic N) is 5. The highest BCUT2D eigenvalue weighted by Gasteiger charge is 2.48. The topological polar surface area (TPSA) is 113 Å². The average molecular weight is 647 g/mol. The van der Waals surface area contributed by atoms with Crippen molar-refractivity contribution in [1.29, 1.82) is 5.26 Å². The maximum absolute atomic E-state index is 15.1. The van der Waals surface area contributed by atoms with Gasteiger partial charge in [0.2, 0.25) is 5.95 Å². The highest BCUT2D eigenvalue weighted by Crippen LogP contribution is 2.35. The maximum Gasteiger partial charge on any atom is 0.410 e. The molecule has 3 fully saturated rings. The van der Waals surface area contributed by atoms with Crippen LogP contribution >= 0.6 is 0 Å². The van der Waals surface area contributed by atoms with Crippen molar-refractivity contribution in [3.8, 4) is 23.1 Å². The summed E-state index contributed by atoms with van der Waals surface area (Å²) in [5, 5.41) is 13.2. The van der Waals surface area contributed by atoms with Crippen LogP contribution in [-0.4, -0.2) is 88.9 Å². The van der Waals surface area contributed by atoms with Crippen LogP contribution in [0.15, 0.2) is 54.7 Å². The molecule has 1 N–H and O–H groups in total. The van der Waals surface area contributed by atoms with E-state index < -0.39 is 30.3 Å². The largest absolute Gasteiger partial charge is 0.483 e. The number of piperidine rings is 2. The Hall–Kier alpha value is -4.34. The second kappa shape index (κ2) is 13.4. The lowest BCUT2D eigenvalue weighted by Gasteiger charge is -2.41. The van der Waals surface area contributed by atoms with Crippen molar-refractivity contribution < 1.29 is 27.8 Å². The quantitative estimate of drug-likeness (QED) is 0.313. The maximum atomic E-state index is 15.1. The van der Waals surface area contributed by atoms with Crippen molar-refractivity contribution in [1.82, 2.24) is 19.8 Å². The fourth-order valence-corrected chi connectivity index (χ4v) is 6.19. The van der Waals surface area contributed by atoms with Crippen LogP contribution in [-0.2, 0) is 9.47 Å². The Morgan fingerprint density at radius 2 is 1.87 bits per heavy atom. The Labute approximate surface area is 273 Å². The van der Waals surface area contributed by atoms with Crippen molar-refractivity contribution in [2.24, 2.45) is 0 Å². The molecule has 10 nitrogen and oxygen atoms in total. The van der Waals surface area contributed by atoms with Gasteiger partial charge in [-0.1, -0.05) is 12.1 Å². The highest BCUT2D eigenvalue weighted by molar-refractivity contribution is 5.68. The molecule has 3 aromatic rings. The molecule has 3 aliphatic rings. The second-order valence-electron chi connectivity index (χ2n) is 13.4. The van der Waals surface area contributed by atoms with E-state index in [0.717, 1.165) is 49.7 Å². The zero-order valence-corrected chi connectivity index (χ0v) is 26.9. The first-order valence-corrected chi connectivity index (χ1v) is 16.1. The fraction of sp³-hybridized carbons (Fsp3) is 0.486. The Balaban J connectivity index is 1.10. The van der Waals surface area contributed by atoms with Crippen LogP contribution in [0.5, 0.6) is 5.75 Å². The van der Waals surface area contributed by atoms with E-state index in [0.29, 0.717) is 29.2 Å². The number of hydrogen-bond donors (Lipinski definition) is 1. The summed E-state index contributed by atoms with van der Waals surface area (Å²) >= 11 is 0. The van der Waals surface area contributed by atoms with Crippen LogP contribution in [0.3, 0.4) is 0 Å². The monoisotopic (exact) mass is 646 g/mol. The van der Waals surface area contributed by atoms with Crippen LogP contribution in [0.2, 0.25) is 0 Å². The van der Waals surface area contributed by atoms with Gasteiger partial charge in [-0.25, -0.2) is 23.5 Å². The van der Waals surface area contributed by atoms with Crippen molar-refractivity contribution in [2.75, 3.05) is 44.7 Å². The minimum absolute atomic E-state index is 0.0442. The molecular formula is C35H40F2N6O4. The highest BCUT2D eigenvalue weighted by atomic mass is 19.3. The van der Waals surface area contributed by atoms with E-state index in [1.54, 1.807) is 45.2 Å². The molecule has 0 aliphatic carbocycles. The van der Waals surface area contributed by atoms with Gasteiger partial charge in [0.25, 0.3) is 0 Å². The lowest BCUT2D eigenvalue weighted by Crippen LogP contribution is -2.56. The van der Waals surface area contributed by atoms with Crippen molar-refractivity contribution >= 4 is 17.7 Å². The molecule has 1 atom stereocenters. The standard InChI is InChI=1S/C35H40F2N6O4/c1-34(2,3)47-33(44)43-16-12-31(35(36,37)22-43)46-30-8-7-25(17-26(30)19-38)29-9-13-39-32(41-29)40-27-6-4-5-24(18-27)23-10-14-42(15-11-23)28-20-45-21-28/h4-9,13,17-18,23,28,31H,10-12,14-16,20-22H2,1-3H3,(H,39,40,41). The minimum Gasteiger partial charge on any atom is -0.483 e. The van der Waals surface area contributed by atoms with Gasteiger partial charge in [-0.2, -0.15) is 5.26 Å². The third-order valence-corrected chi connectivity index (χ3v) is 8.79. The van der Waals surface area contributed by atoms with Gasteiger partial charge in [0, 0.05) is 30.4 Å². The lowest BCUT2D eigenvalue weighted by atomic mass is 9.88. The summed E-state index contributed by atoms with van der Waals surface area (Å²) in [5.74, 6) is -2.41. The third kappa shape index (κ3) is 7.80. The molecule has 2 aromatic carbocycles. The van der Waals surface area contributed by atoms with E-state index in [1.807, 2.05) is 12.1 Å². The number of alkyl halides is 2. The van der Waals surface area contributed by atoms with E-state index in [9.17, 15) is 10.1 Å². The number of hydrogen-bond acceptors (Lipinski definition) is 9. The van der Waals surface area contributed by atoms with Crippen LogP contribution in [0.1, 0.15) is 57.1 Å². The van der Waals surface area contributed by atoms with Crippen LogP contribution in [0.4, 0.5) is 25.2 Å². The van der Waals surface area contributed by atoms with E-state index in [1.165, 1.54) is 11.6 Å². The van der Waals surface area contributed by atoms with Crippen LogP contribution in [0.25, 0.3) is 11.3 Å². The smallest absolute Gasteiger partial charge is 0.410 e. The van der Waals surface area contributed by atoms with Crippen molar-refractivity contribution in [2.45, 2.75) is 69.6 Å². The minimum atomic E-state index is -3.34. The Morgan fingerprint density at radius 3 is 2.55 bits per heavy atom. The van der Waals surface area contributed by atoms with Gasteiger partial charge in [0.1, 0.15) is 17.4 Å². The predicted molar refractivity (Wildman–Crippen MR) is 172 cm³/mol. The number of carbonyl (C=O) groups is 1. The molecule has 0 bridgehead atoms. The summed E-state index contributed by atoms with van der Waals surface area (Å²) in [4.78, 5) is 24.9. The van der Waals surface area contributed by atoms with E-state index >= 15 is 8.78 Å². The zero-order chi connectivity index (χ0) is 33.2.